The van der Waals surface area contributed by atoms with Gasteiger partial charge in [-0.25, -0.2) is 13.1 Å². The molecule has 0 fully saturated rings. The van der Waals surface area contributed by atoms with Crippen molar-refractivity contribution >= 4 is 21.6 Å². The Morgan fingerprint density at radius 2 is 1.76 bits per heavy atom. The summed E-state index contributed by atoms with van der Waals surface area (Å²) in [6.07, 6.45) is 2.64. The lowest BCUT2D eigenvalue weighted by Gasteiger charge is -2.29. The maximum absolute atomic E-state index is 12.3. The minimum Gasteiger partial charge on any atom is -0.493 e. The lowest BCUT2D eigenvalue weighted by Crippen LogP contribution is -2.32. The molecule has 3 rings (SSSR count). The van der Waals surface area contributed by atoms with Crippen molar-refractivity contribution in [3.63, 3.8) is 0 Å². The van der Waals surface area contributed by atoms with Crippen LogP contribution in [0.4, 0.5) is 0 Å². The van der Waals surface area contributed by atoms with E-state index >= 15 is 0 Å². The standard InChI is InChI=1S/C21H27ClN2O4S/c1-27-19-13-16-9-12-24(15-17(16)14-20(19)28-2)11-6-5-10-23-29(25,26)21-8-4-3-7-18(21)22/h3-4,7-8,13-14,23H,5-6,9-12,15H2,1-2H3. The third kappa shape index (κ3) is 5.42. The van der Waals surface area contributed by atoms with Gasteiger partial charge in [0.25, 0.3) is 0 Å². The number of sulfonamides is 1. The quantitative estimate of drug-likeness (QED) is 0.607. The molecule has 0 saturated carbocycles. The second-order valence-electron chi connectivity index (χ2n) is 7.04. The van der Waals surface area contributed by atoms with E-state index in [4.69, 9.17) is 21.1 Å². The third-order valence-electron chi connectivity index (χ3n) is 5.12. The first-order valence-corrected chi connectivity index (χ1v) is 11.5. The first kappa shape index (κ1) is 21.9. The predicted molar refractivity (Wildman–Crippen MR) is 114 cm³/mol. The van der Waals surface area contributed by atoms with Gasteiger partial charge in [-0.1, -0.05) is 23.7 Å². The van der Waals surface area contributed by atoms with Crippen molar-refractivity contribution in [3.05, 3.63) is 52.5 Å². The van der Waals surface area contributed by atoms with E-state index in [1.165, 1.54) is 17.2 Å². The molecular formula is C21H27ClN2O4S. The van der Waals surface area contributed by atoms with Crippen LogP contribution in [0.5, 0.6) is 11.5 Å². The summed E-state index contributed by atoms with van der Waals surface area (Å²) in [5, 5.41) is 0.235. The third-order valence-corrected chi connectivity index (χ3v) is 7.08. The number of fused-ring (bicyclic) bond motifs is 1. The number of rotatable bonds is 9. The van der Waals surface area contributed by atoms with Gasteiger partial charge in [0.05, 0.1) is 19.2 Å². The zero-order chi connectivity index (χ0) is 20.9. The van der Waals surface area contributed by atoms with Gasteiger partial charge < -0.3 is 9.47 Å². The fraction of sp³-hybridized carbons (Fsp3) is 0.429. The Morgan fingerprint density at radius 1 is 1.07 bits per heavy atom. The van der Waals surface area contributed by atoms with E-state index in [2.05, 4.69) is 21.8 Å². The van der Waals surface area contributed by atoms with E-state index in [1.54, 1.807) is 32.4 Å². The zero-order valence-electron chi connectivity index (χ0n) is 16.8. The monoisotopic (exact) mass is 438 g/mol. The number of nitrogens with zero attached hydrogens (tertiary/aromatic N) is 1. The van der Waals surface area contributed by atoms with Gasteiger partial charge in [-0.2, -0.15) is 0 Å². The number of ether oxygens (including phenoxy) is 2. The zero-order valence-corrected chi connectivity index (χ0v) is 18.4. The van der Waals surface area contributed by atoms with Crippen molar-refractivity contribution in [2.24, 2.45) is 0 Å². The molecule has 1 aliphatic rings. The first-order chi connectivity index (χ1) is 13.9. The molecule has 0 bridgehead atoms. The van der Waals surface area contributed by atoms with Crippen molar-refractivity contribution in [2.45, 2.75) is 30.7 Å². The van der Waals surface area contributed by atoms with Crippen LogP contribution in [0.1, 0.15) is 24.0 Å². The highest BCUT2D eigenvalue weighted by Crippen LogP contribution is 2.33. The van der Waals surface area contributed by atoms with Gasteiger partial charge in [-0.15, -0.1) is 0 Å². The van der Waals surface area contributed by atoms with Crippen molar-refractivity contribution in [3.8, 4) is 11.5 Å². The lowest BCUT2D eigenvalue weighted by atomic mass is 9.98. The van der Waals surface area contributed by atoms with Gasteiger partial charge in [0, 0.05) is 19.6 Å². The van der Waals surface area contributed by atoms with Crippen molar-refractivity contribution in [1.82, 2.24) is 9.62 Å². The van der Waals surface area contributed by atoms with E-state index in [0.29, 0.717) is 6.54 Å². The Morgan fingerprint density at radius 3 is 2.45 bits per heavy atom. The second-order valence-corrected chi connectivity index (χ2v) is 9.18. The van der Waals surface area contributed by atoms with Crippen LogP contribution in [-0.2, 0) is 23.0 Å². The van der Waals surface area contributed by atoms with Gasteiger partial charge in [0.1, 0.15) is 4.90 Å². The topological polar surface area (TPSA) is 67.9 Å². The summed E-state index contributed by atoms with van der Waals surface area (Å²) in [4.78, 5) is 2.51. The number of hydrogen-bond acceptors (Lipinski definition) is 5. The summed E-state index contributed by atoms with van der Waals surface area (Å²) in [7, 11) is -0.272. The van der Waals surface area contributed by atoms with Crippen LogP contribution in [0, 0.1) is 0 Å². The van der Waals surface area contributed by atoms with E-state index in [9.17, 15) is 8.42 Å². The van der Waals surface area contributed by atoms with Gasteiger partial charge in [-0.05, 0) is 61.2 Å². The summed E-state index contributed by atoms with van der Waals surface area (Å²) in [5.74, 6) is 1.52. The SMILES string of the molecule is COc1cc2c(cc1OC)CN(CCCCNS(=O)(=O)c1ccccc1Cl)CC2. The largest absolute Gasteiger partial charge is 0.493 e. The maximum Gasteiger partial charge on any atom is 0.242 e. The molecular weight excluding hydrogens is 412 g/mol. The molecule has 0 radical (unpaired) electrons. The summed E-state index contributed by atoms with van der Waals surface area (Å²) in [5.41, 5.74) is 2.56. The van der Waals surface area contributed by atoms with E-state index in [-0.39, 0.29) is 9.92 Å². The smallest absolute Gasteiger partial charge is 0.242 e. The van der Waals surface area contributed by atoms with Crippen LogP contribution in [-0.4, -0.2) is 47.2 Å². The van der Waals surface area contributed by atoms with Crippen LogP contribution >= 0.6 is 11.6 Å². The van der Waals surface area contributed by atoms with E-state index < -0.39 is 10.0 Å². The fourth-order valence-corrected chi connectivity index (χ4v) is 5.13. The Balaban J connectivity index is 1.47. The molecule has 8 heteroatoms. The van der Waals surface area contributed by atoms with Crippen LogP contribution in [0.2, 0.25) is 5.02 Å². The van der Waals surface area contributed by atoms with Crippen LogP contribution in [0.3, 0.4) is 0 Å². The Hall–Kier alpha value is -1.80. The van der Waals surface area contributed by atoms with E-state index in [1.807, 2.05) is 0 Å². The maximum atomic E-state index is 12.3. The van der Waals surface area contributed by atoms with Crippen molar-refractivity contribution < 1.29 is 17.9 Å². The lowest BCUT2D eigenvalue weighted by molar-refractivity contribution is 0.248. The Labute approximate surface area is 177 Å². The predicted octanol–water partition coefficient (Wildman–Crippen LogP) is 3.47. The van der Waals surface area contributed by atoms with Crippen molar-refractivity contribution in [1.29, 1.82) is 0 Å². The molecule has 0 saturated heterocycles. The summed E-state index contributed by atoms with van der Waals surface area (Å²) in [6, 6.07) is 10.6. The molecule has 29 heavy (non-hydrogen) atoms. The van der Waals surface area contributed by atoms with Crippen molar-refractivity contribution in [2.75, 3.05) is 33.9 Å². The highest BCUT2D eigenvalue weighted by Gasteiger charge is 2.20. The molecule has 1 N–H and O–H groups in total. The average molecular weight is 439 g/mol. The van der Waals surface area contributed by atoms with Gasteiger partial charge in [0.2, 0.25) is 10.0 Å². The molecule has 1 aliphatic heterocycles. The second kappa shape index (κ2) is 9.80. The number of nitrogens with one attached hydrogen (secondary N) is 1. The number of hydrogen-bond donors (Lipinski definition) is 1. The van der Waals surface area contributed by atoms with Crippen LogP contribution in [0.25, 0.3) is 0 Å². The summed E-state index contributed by atoms with van der Waals surface area (Å²) in [6.45, 7) is 3.15. The first-order valence-electron chi connectivity index (χ1n) is 9.65. The van der Waals surface area contributed by atoms with Crippen LogP contribution in [0.15, 0.2) is 41.3 Å². The average Bonchev–Trinajstić information content (AvgIpc) is 2.72. The van der Waals surface area contributed by atoms with Gasteiger partial charge >= 0.3 is 0 Å². The van der Waals surface area contributed by atoms with E-state index in [0.717, 1.165) is 50.4 Å². The fourth-order valence-electron chi connectivity index (χ4n) is 3.54. The molecule has 2 aromatic rings. The van der Waals surface area contributed by atoms with Gasteiger partial charge in [-0.3, -0.25) is 4.90 Å². The van der Waals surface area contributed by atoms with Gasteiger partial charge in [0.15, 0.2) is 11.5 Å². The Kier molecular flexibility index (Phi) is 7.40. The molecule has 2 aromatic carbocycles. The molecule has 0 unspecified atom stereocenters. The summed E-state index contributed by atoms with van der Waals surface area (Å²) >= 11 is 5.99. The number of halogens is 1. The Bertz CT molecular complexity index is 950. The number of benzene rings is 2. The molecule has 1 heterocycles. The molecule has 158 valence electrons. The molecule has 0 aliphatic carbocycles. The normalized spacial score (nSPS) is 14.4. The number of unbranched alkanes of at least 4 members (excludes halogenated alkanes) is 1. The highest BCUT2D eigenvalue weighted by molar-refractivity contribution is 7.89. The highest BCUT2D eigenvalue weighted by atomic mass is 35.5. The number of methoxy groups -OCH3 is 2. The minimum absolute atomic E-state index is 0.124. The molecule has 6 nitrogen and oxygen atoms in total. The minimum atomic E-state index is -3.57. The molecule has 0 amide bonds. The molecule has 0 spiro atoms. The molecule has 0 atom stereocenters. The van der Waals surface area contributed by atoms with Crippen LogP contribution < -0.4 is 14.2 Å². The molecule has 0 aromatic heterocycles. The summed E-state index contributed by atoms with van der Waals surface area (Å²) < 4.78 is 38.1.